The van der Waals surface area contributed by atoms with E-state index >= 15 is 0 Å². The van der Waals surface area contributed by atoms with E-state index in [0.717, 1.165) is 40.9 Å². The topological polar surface area (TPSA) is 25.8 Å². The predicted molar refractivity (Wildman–Crippen MR) is 60.7 cm³/mol. The van der Waals surface area contributed by atoms with E-state index in [2.05, 4.69) is 9.97 Å². The molecule has 0 atom stereocenters. The maximum atomic E-state index is 6.03. The van der Waals surface area contributed by atoms with Gasteiger partial charge in [0.05, 0.1) is 0 Å². The SMILES string of the molecule is [Na][Se]c1ncnc2c(Cl)cc(Cl)cc12. The van der Waals surface area contributed by atoms with Gasteiger partial charge in [-0.15, -0.1) is 0 Å². The van der Waals surface area contributed by atoms with E-state index in [0.29, 0.717) is 20.6 Å². The van der Waals surface area contributed by atoms with Crippen molar-refractivity contribution in [2.75, 3.05) is 0 Å². The molecule has 0 aliphatic carbocycles. The molecule has 6 heteroatoms. The standard InChI is InChI=1S/C8H4Cl2N2Se.Na/c9-4-1-5-7(6(10)2-4)11-3-12-8(5)13;/h1-3H,(H,11,12,13);/q;+1/p-1. The van der Waals surface area contributed by atoms with Crippen LogP contribution in [0.4, 0.5) is 0 Å². The fourth-order valence-electron chi connectivity index (χ4n) is 1.23. The number of benzene rings is 1. The Bertz CT molecular complexity index is 492. The Hall–Kier alpha value is 0.659. The van der Waals surface area contributed by atoms with E-state index in [1.54, 1.807) is 12.4 Å². The van der Waals surface area contributed by atoms with E-state index in [9.17, 15) is 0 Å². The van der Waals surface area contributed by atoms with Crippen LogP contribution in [0.25, 0.3) is 10.9 Å². The summed E-state index contributed by atoms with van der Waals surface area (Å²) in [6.07, 6.45) is 1.57. The molecule has 1 aromatic heterocycles. The Morgan fingerprint density at radius 3 is 2.71 bits per heavy atom. The van der Waals surface area contributed by atoms with Crippen LogP contribution < -0.4 is 4.59 Å². The number of hydrogen-bond donors (Lipinski definition) is 0. The van der Waals surface area contributed by atoms with Gasteiger partial charge < -0.3 is 0 Å². The number of hydrogen-bond acceptors (Lipinski definition) is 2. The van der Waals surface area contributed by atoms with Crippen LogP contribution in [0.5, 0.6) is 0 Å². The molecule has 0 bridgehead atoms. The second-order valence-corrected chi connectivity index (χ2v) is 7.30. The van der Waals surface area contributed by atoms with E-state index in [4.69, 9.17) is 23.2 Å². The summed E-state index contributed by atoms with van der Waals surface area (Å²) >= 11 is 13.1. The van der Waals surface area contributed by atoms with Crippen molar-refractivity contribution in [1.82, 2.24) is 9.97 Å². The quantitative estimate of drug-likeness (QED) is 0.743. The maximum absolute atomic E-state index is 6.03. The third-order valence-electron chi connectivity index (χ3n) is 1.81. The van der Waals surface area contributed by atoms with Gasteiger partial charge in [-0.05, 0) is 0 Å². The molecular formula is C8H3Cl2N2NaSe. The molecule has 0 amide bonds. The van der Waals surface area contributed by atoms with E-state index in [-0.39, 0.29) is 0 Å². The van der Waals surface area contributed by atoms with Crippen LogP contribution in [-0.4, -0.2) is 45.9 Å². The van der Waals surface area contributed by atoms with E-state index < -0.39 is 0 Å². The van der Waals surface area contributed by atoms with Crippen molar-refractivity contribution >= 4 is 74.6 Å². The molecule has 0 unspecified atom stereocenters. The van der Waals surface area contributed by atoms with Crippen LogP contribution in [-0.2, 0) is 0 Å². The summed E-state index contributed by atoms with van der Waals surface area (Å²) in [5, 5.41) is 2.24. The molecule has 2 rings (SSSR count). The zero-order valence-electron chi connectivity index (χ0n) is 7.29. The molecule has 0 saturated carbocycles. The average molecular weight is 300 g/mol. The normalized spacial score (nSPS) is 10.9. The summed E-state index contributed by atoms with van der Waals surface area (Å²) < 4.78 is 1.10. The summed E-state index contributed by atoms with van der Waals surface area (Å²) in [6.45, 7) is 0. The number of halogens is 2. The molecule has 14 heavy (non-hydrogen) atoms. The number of aromatic nitrogens is 2. The first kappa shape index (κ1) is 11.2. The minimum atomic E-state index is 0.454. The molecule has 1 aromatic carbocycles. The fraction of sp³-hybridized carbons (Fsp3) is 0. The third kappa shape index (κ3) is 2.10. The molecule has 2 nitrogen and oxygen atoms in total. The van der Waals surface area contributed by atoms with Crippen LogP contribution in [0.3, 0.4) is 0 Å². The van der Waals surface area contributed by atoms with Gasteiger partial charge in [-0.1, -0.05) is 0 Å². The monoisotopic (exact) mass is 300 g/mol. The number of fused-ring (bicyclic) bond motifs is 1. The summed E-state index contributed by atoms with van der Waals surface area (Å²) in [4.78, 5) is 8.40. The van der Waals surface area contributed by atoms with Crippen molar-refractivity contribution < 1.29 is 0 Å². The summed E-state index contributed by atoms with van der Waals surface area (Å²) in [6, 6.07) is 3.60. The van der Waals surface area contributed by atoms with Crippen molar-refractivity contribution in [2.45, 2.75) is 0 Å². The van der Waals surface area contributed by atoms with Crippen LogP contribution in [0.2, 0.25) is 10.0 Å². The number of nitrogens with zero attached hydrogens (tertiary/aromatic N) is 2. The Balaban J connectivity index is 2.86. The molecular weight excluding hydrogens is 297 g/mol. The van der Waals surface area contributed by atoms with Gasteiger partial charge in [0.2, 0.25) is 0 Å². The van der Waals surface area contributed by atoms with Gasteiger partial charge in [0.15, 0.2) is 0 Å². The van der Waals surface area contributed by atoms with Gasteiger partial charge in [-0.25, -0.2) is 0 Å². The Morgan fingerprint density at radius 2 is 2.00 bits per heavy atom. The van der Waals surface area contributed by atoms with Crippen molar-refractivity contribution in [2.24, 2.45) is 0 Å². The van der Waals surface area contributed by atoms with Crippen LogP contribution >= 0.6 is 23.2 Å². The molecule has 0 saturated heterocycles. The minimum absolute atomic E-state index is 0.454. The Morgan fingerprint density at radius 1 is 1.21 bits per heavy atom. The van der Waals surface area contributed by atoms with Gasteiger partial charge in [0, 0.05) is 0 Å². The van der Waals surface area contributed by atoms with Gasteiger partial charge >= 0.3 is 113 Å². The van der Waals surface area contributed by atoms with Crippen molar-refractivity contribution in [3.05, 3.63) is 28.5 Å². The Labute approximate surface area is 112 Å². The average Bonchev–Trinajstić information content (AvgIpc) is 2.17. The molecule has 1 heterocycles. The molecule has 0 spiro atoms. The molecule has 0 N–H and O–H groups in total. The van der Waals surface area contributed by atoms with E-state index in [1.165, 1.54) is 0 Å². The van der Waals surface area contributed by atoms with Gasteiger partial charge in [0.25, 0.3) is 0 Å². The zero-order valence-corrected chi connectivity index (χ0v) is 12.5. The summed E-state index contributed by atoms with van der Waals surface area (Å²) in [7, 11) is 0.454. The van der Waals surface area contributed by atoms with Crippen molar-refractivity contribution in [3.63, 3.8) is 0 Å². The summed E-state index contributed by atoms with van der Waals surface area (Å²) in [5.41, 5.74) is 0.804. The molecule has 2 aromatic rings. The first-order valence-electron chi connectivity index (χ1n) is 3.86. The second kappa shape index (κ2) is 4.67. The molecule has 0 aliphatic heterocycles. The molecule has 0 radical (unpaired) electrons. The van der Waals surface area contributed by atoms with E-state index in [1.807, 2.05) is 6.07 Å². The first-order chi connectivity index (χ1) is 6.72. The molecule has 66 valence electrons. The molecule has 0 aliphatic rings. The second-order valence-electron chi connectivity index (χ2n) is 2.67. The zero-order chi connectivity index (χ0) is 10.1. The van der Waals surface area contributed by atoms with Crippen LogP contribution in [0.15, 0.2) is 18.5 Å². The predicted octanol–water partition coefficient (Wildman–Crippen LogP) is 1.35. The third-order valence-corrected chi connectivity index (χ3v) is 5.82. The first-order valence-corrected chi connectivity index (χ1v) is 11.4. The van der Waals surface area contributed by atoms with Crippen LogP contribution in [0.1, 0.15) is 0 Å². The Kier molecular flexibility index (Phi) is 3.72. The fourth-order valence-corrected chi connectivity index (χ4v) is 4.57. The van der Waals surface area contributed by atoms with Crippen molar-refractivity contribution in [1.29, 1.82) is 0 Å². The van der Waals surface area contributed by atoms with Crippen LogP contribution in [0, 0.1) is 0 Å². The molecule has 0 fully saturated rings. The summed E-state index contributed by atoms with van der Waals surface area (Å²) in [5.74, 6) is 0. The van der Waals surface area contributed by atoms with Gasteiger partial charge in [0.1, 0.15) is 0 Å². The number of rotatable bonds is 1. The van der Waals surface area contributed by atoms with Gasteiger partial charge in [-0.2, -0.15) is 0 Å². The van der Waals surface area contributed by atoms with Crippen molar-refractivity contribution in [3.8, 4) is 0 Å². The van der Waals surface area contributed by atoms with Gasteiger partial charge in [-0.3, -0.25) is 0 Å².